The largest absolute Gasteiger partial charge is 0.466 e. The molecule has 10 nitrogen and oxygen atoms in total. The monoisotopic (exact) mass is 578 g/mol. The lowest BCUT2D eigenvalue weighted by Gasteiger charge is -2.26. The summed E-state index contributed by atoms with van der Waals surface area (Å²) in [6.07, 6.45) is 1.26. The summed E-state index contributed by atoms with van der Waals surface area (Å²) >= 11 is 0. The first-order valence-corrected chi connectivity index (χ1v) is 14.7. The van der Waals surface area contributed by atoms with Crippen LogP contribution in [0.25, 0.3) is 0 Å². The van der Waals surface area contributed by atoms with Crippen molar-refractivity contribution in [2.24, 2.45) is 0 Å². The van der Waals surface area contributed by atoms with E-state index < -0.39 is 11.6 Å². The van der Waals surface area contributed by atoms with Crippen molar-refractivity contribution in [1.29, 1.82) is 0 Å². The van der Waals surface area contributed by atoms with Gasteiger partial charge in [-0.25, -0.2) is 9.59 Å². The number of esters is 1. The Bertz CT molecular complexity index is 1280. The van der Waals surface area contributed by atoms with Crippen molar-refractivity contribution in [3.8, 4) is 0 Å². The molecule has 2 aliphatic heterocycles. The van der Waals surface area contributed by atoms with E-state index in [-0.39, 0.29) is 50.0 Å². The molecule has 1 N–H and O–H groups in total. The van der Waals surface area contributed by atoms with Crippen molar-refractivity contribution in [3.05, 3.63) is 65.2 Å². The second-order valence-electron chi connectivity index (χ2n) is 11.6. The molecule has 1 atom stereocenters. The highest BCUT2D eigenvalue weighted by Crippen LogP contribution is 2.27. The van der Waals surface area contributed by atoms with E-state index in [0.29, 0.717) is 32.6 Å². The van der Waals surface area contributed by atoms with E-state index in [1.54, 1.807) is 21.6 Å². The quantitative estimate of drug-likeness (QED) is 0.440. The molecule has 2 aromatic carbocycles. The molecule has 226 valence electrons. The van der Waals surface area contributed by atoms with Gasteiger partial charge in [0.15, 0.2) is 0 Å². The third kappa shape index (κ3) is 8.24. The van der Waals surface area contributed by atoms with E-state index >= 15 is 0 Å². The second kappa shape index (κ2) is 13.7. The van der Waals surface area contributed by atoms with Gasteiger partial charge in [-0.05, 0) is 69.4 Å². The van der Waals surface area contributed by atoms with Crippen LogP contribution >= 0.6 is 0 Å². The molecular weight excluding hydrogens is 536 g/mol. The average Bonchev–Trinajstić information content (AvgIpc) is 3.17. The number of benzene rings is 2. The van der Waals surface area contributed by atoms with Crippen LogP contribution < -0.4 is 10.2 Å². The number of nitrogens with zero attached hydrogens (tertiary/aromatic N) is 3. The number of urea groups is 1. The zero-order chi connectivity index (χ0) is 30.3. The maximum Gasteiger partial charge on any atom is 0.410 e. The van der Waals surface area contributed by atoms with E-state index in [1.165, 1.54) is 5.56 Å². The van der Waals surface area contributed by atoms with Gasteiger partial charge in [0.05, 0.1) is 19.1 Å². The van der Waals surface area contributed by atoms with Crippen molar-refractivity contribution in [2.75, 3.05) is 44.2 Å². The van der Waals surface area contributed by atoms with Gasteiger partial charge in [-0.15, -0.1) is 0 Å². The van der Waals surface area contributed by atoms with Gasteiger partial charge < -0.3 is 24.6 Å². The number of amides is 4. The zero-order valence-electron chi connectivity index (χ0n) is 25.1. The fraction of sp³-hybridized carbons (Fsp3) is 0.500. The molecule has 0 radical (unpaired) electrons. The van der Waals surface area contributed by atoms with Gasteiger partial charge in [0.2, 0.25) is 5.91 Å². The van der Waals surface area contributed by atoms with Crippen LogP contribution in [0.4, 0.5) is 15.3 Å². The Labute approximate surface area is 247 Å². The van der Waals surface area contributed by atoms with Crippen LogP contribution in [0.15, 0.2) is 48.5 Å². The Morgan fingerprint density at radius 1 is 0.952 bits per heavy atom. The Balaban J connectivity index is 1.32. The Kier molecular flexibility index (Phi) is 10.1. The maximum atomic E-state index is 13.3. The topological polar surface area (TPSA) is 108 Å². The second-order valence-corrected chi connectivity index (χ2v) is 11.6. The minimum atomic E-state index is -0.543. The normalized spacial score (nSPS) is 16.0. The van der Waals surface area contributed by atoms with Gasteiger partial charge >= 0.3 is 18.1 Å². The van der Waals surface area contributed by atoms with E-state index in [2.05, 4.69) is 5.32 Å². The minimum absolute atomic E-state index is 0.0356. The number of rotatable bonds is 9. The fourth-order valence-electron chi connectivity index (χ4n) is 5.25. The molecule has 0 spiro atoms. The lowest BCUT2D eigenvalue weighted by Crippen LogP contribution is -2.38. The molecule has 10 heteroatoms. The maximum absolute atomic E-state index is 13.3. The van der Waals surface area contributed by atoms with Gasteiger partial charge in [0.25, 0.3) is 0 Å². The summed E-state index contributed by atoms with van der Waals surface area (Å²) in [5, 5.41) is 2.94. The molecule has 2 heterocycles. The lowest BCUT2D eigenvalue weighted by atomic mass is 10.0. The number of anilines is 1. The molecule has 4 rings (SSSR count). The first kappa shape index (κ1) is 30.9. The van der Waals surface area contributed by atoms with E-state index in [4.69, 9.17) is 9.47 Å². The number of hydrogen-bond donors (Lipinski definition) is 1. The van der Waals surface area contributed by atoms with Gasteiger partial charge in [0, 0.05) is 44.8 Å². The fourth-order valence-corrected chi connectivity index (χ4v) is 5.25. The van der Waals surface area contributed by atoms with Crippen LogP contribution in [0.2, 0.25) is 0 Å². The molecular formula is C32H42N4O6. The summed E-state index contributed by atoms with van der Waals surface area (Å²) in [6.45, 7) is 10.1. The molecule has 0 aliphatic carbocycles. The number of nitrogens with one attached hydrogen (secondary N) is 1. The molecule has 0 aromatic heterocycles. The summed E-state index contributed by atoms with van der Waals surface area (Å²) in [6, 6.07) is 14.7. The molecule has 1 unspecified atom stereocenters. The van der Waals surface area contributed by atoms with E-state index in [1.807, 2.05) is 69.3 Å². The standard InChI is InChI=1S/C32H42N4O6/c1-5-41-29(38)22-27(24-9-7-6-8-10-24)33-28(37)15-18-34-19-20-36(30(34)39)26-12-11-23-13-16-35(17-14-25(23)21-26)31(40)42-32(2,3)4/h6-12,21,27H,5,13-20,22H2,1-4H3,(H,33,37). The number of carbonyl (C=O) groups is 4. The molecule has 1 fully saturated rings. The van der Waals surface area contributed by atoms with Gasteiger partial charge in [0.1, 0.15) is 5.60 Å². The molecule has 1 saturated heterocycles. The van der Waals surface area contributed by atoms with Crippen molar-refractivity contribution in [3.63, 3.8) is 0 Å². The summed E-state index contributed by atoms with van der Waals surface area (Å²) in [5.74, 6) is -0.616. The van der Waals surface area contributed by atoms with Crippen molar-refractivity contribution < 1.29 is 28.7 Å². The highest BCUT2D eigenvalue weighted by atomic mass is 16.6. The van der Waals surface area contributed by atoms with Crippen LogP contribution in [0.1, 0.15) is 63.3 Å². The molecule has 4 amide bonds. The van der Waals surface area contributed by atoms with Crippen LogP contribution in [0, 0.1) is 0 Å². The highest BCUT2D eigenvalue weighted by Gasteiger charge is 2.31. The van der Waals surface area contributed by atoms with Crippen LogP contribution in [0.3, 0.4) is 0 Å². The van der Waals surface area contributed by atoms with Gasteiger partial charge in [-0.2, -0.15) is 0 Å². The number of hydrogen-bond acceptors (Lipinski definition) is 6. The molecule has 0 saturated carbocycles. The zero-order valence-corrected chi connectivity index (χ0v) is 25.1. The van der Waals surface area contributed by atoms with Crippen LogP contribution in [-0.2, 0) is 31.9 Å². The summed E-state index contributed by atoms with van der Waals surface area (Å²) in [7, 11) is 0. The summed E-state index contributed by atoms with van der Waals surface area (Å²) in [4.78, 5) is 56.0. The lowest BCUT2D eigenvalue weighted by molar-refractivity contribution is -0.143. The third-order valence-corrected chi connectivity index (χ3v) is 7.37. The van der Waals surface area contributed by atoms with Crippen molar-refractivity contribution in [2.45, 2.75) is 65.0 Å². The first-order chi connectivity index (χ1) is 20.0. The molecule has 42 heavy (non-hydrogen) atoms. The Morgan fingerprint density at radius 2 is 1.67 bits per heavy atom. The summed E-state index contributed by atoms with van der Waals surface area (Å²) in [5.41, 5.74) is 3.38. The van der Waals surface area contributed by atoms with Crippen LogP contribution in [-0.4, -0.2) is 78.7 Å². The van der Waals surface area contributed by atoms with E-state index in [9.17, 15) is 19.2 Å². The summed E-state index contributed by atoms with van der Waals surface area (Å²) < 4.78 is 10.6. The predicted octanol–water partition coefficient (Wildman–Crippen LogP) is 4.47. The van der Waals surface area contributed by atoms with Gasteiger partial charge in [-0.3, -0.25) is 14.5 Å². The number of ether oxygens (including phenoxy) is 2. The van der Waals surface area contributed by atoms with Crippen molar-refractivity contribution >= 4 is 29.7 Å². The molecule has 2 aliphatic rings. The highest BCUT2D eigenvalue weighted by molar-refractivity contribution is 5.94. The third-order valence-electron chi connectivity index (χ3n) is 7.37. The minimum Gasteiger partial charge on any atom is -0.466 e. The molecule has 2 aromatic rings. The van der Waals surface area contributed by atoms with Gasteiger partial charge in [-0.1, -0.05) is 36.4 Å². The van der Waals surface area contributed by atoms with Crippen LogP contribution in [0.5, 0.6) is 0 Å². The number of fused-ring (bicyclic) bond motifs is 1. The first-order valence-electron chi connectivity index (χ1n) is 14.7. The van der Waals surface area contributed by atoms with E-state index in [0.717, 1.165) is 23.2 Å². The Morgan fingerprint density at radius 3 is 2.36 bits per heavy atom. The number of carbonyl (C=O) groups excluding carboxylic acids is 4. The van der Waals surface area contributed by atoms with Crippen molar-refractivity contribution in [1.82, 2.24) is 15.1 Å². The average molecular weight is 579 g/mol. The SMILES string of the molecule is CCOC(=O)CC(NC(=O)CCN1CCN(c2ccc3c(c2)CCN(C(=O)OC(C)(C)C)CC3)C1=O)c1ccccc1. The molecule has 0 bridgehead atoms. The Hall–Kier alpha value is -4.08. The predicted molar refractivity (Wildman–Crippen MR) is 159 cm³/mol. The smallest absolute Gasteiger partial charge is 0.410 e.